The van der Waals surface area contributed by atoms with Crippen molar-refractivity contribution in [1.29, 1.82) is 0 Å². The zero-order valence-electron chi connectivity index (χ0n) is 21.2. The van der Waals surface area contributed by atoms with Crippen molar-refractivity contribution in [2.75, 3.05) is 0 Å². The molecule has 0 N–H and O–H groups in total. The minimum atomic E-state index is 0. The van der Waals surface area contributed by atoms with E-state index < -0.39 is 0 Å². The van der Waals surface area contributed by atoms with Gasteiger partial charge in [-0.25, -0.2) is 0 Å². The molecule has 0 spiro atoms. The third-order valence-corrected chi connectivity index (χ3v) is 9.15. The van der Waals surface area contributed by atoms with Gasteiger partial charge in [0, 0.05) is 0 Å². The number of halogens is 3. The van der Waals surface area contributed by atoms with Crippen LogP contribution in [0.15, 0.2) is 30.3 Å². The first-order valence-electron chi connectivity index (χ1n) is 11.3. The zero-order chi connectivity index (χ0) is 21.6. The van der Waals surface area contributed by atoms with Gasteiger partial charge in [0.15, 0.2) is 0 Å². The maximum Gasteiger partial charge on any atom is 4.00 e. The molecular weight excluding hydrogens is 531 g/mol. The minimum absolute atomic E-state index is 0. The number of unbranched alkanes of at least 4 members (excludes halogenated alkanes) is 1. The Labute approximate surface area is 243 Å². The van der Waals surface area contributed by atoms with Crippen molar-refractivity contribution >= 4 is 19.9 Å². The van der Waals surface area contributed by atoms with Gasteiger partial charge in [0.25, 0.3) is 0 Å². The molecule has 2 radical (unpaired) electrons. The monoisotopic (exact) mass is 562 g/mol. The number of aryl methyl sites for hydroxylation is 1. The third kappa shape index (κ3) is 5.88. The second-order valence-electron chi connectivity index (χ2n) is 9.06. The topological polar surface area (TPSA) is 0 Å². The van der Waals surface area contributed by atoms with Gasteiger partial charge in [-0.05, 0) is 80.3 Å². The van der Waals surface area contributed by atoms with Crippen molar-refractivity contribution < 1.29 is 58.9 Å². The quantitative estimate of drug-likeness (QED) is 0.234. The molecule has 0 saturated carbocycles. The van der Waals surface area contributed by atoms with Crippen LogP contribution in [0.5, 0.6) is 0 Å². The Kier molecular flexibility index (Phi) is 13.5. The number of benzene rings is 3. The predicted octanol–water partition coefficient (Wildman–Crippen LogP) is -2.70. The largest absolute Gasteiger partial charge is 4.00 e. The van der Waals surface area contributed by atoms with Crippen molar-refractivity contribution in [2.24, 2.45) is 0 Å². The summed E-state index contributed by atoms with van der Waals surface area (Å²) in [6.45, 7) is 16.0. The van der Waals surface area contributed by atoms with Crippen molar-refractivity contribution in [3.63, 3.8) is 0 Å². The minimum Gasteiger partial charge on any atom is -1.00 e. The molecule has 1 aliphatic carbocycles. The van der Waals surface area contributed by atoms with E-state index in [1.54, 1.807) is 0 Å². The Bertz CT molecular complexity index is 1110. The summed E-state index contributed by atoms with van der Waals surface area (Å²) in [5.41, 5.74) is 14.5. The van der Waals surface area contributed by atoms with E-state index in [0.717, 1.165) is 0 Å². The smallest absolute Gasteiger partial charge is 1.00 e. The molecule has 0 bridgehead atoms. The van der Waals surface area contributed by atoms with Gasteiger partial charge in [0.2, 0.25) is 0 Å². The first-order chi connectivity index (χ1) is 14.3. The molecule has 178 valence electrons. The molecule has 0 amide bonds. The van der Waals surface area contributed by atoms with Gasteiger partial charge in [-0.15, -0.1) is 11.1 Å². The normalized spacial score (nSPS) is 13.0. The third-order valence-electron chi connectivity index (χ3n) is 7.38. The van der Waals surface area contributed by atoms with Crippen LogP contribution in [-0.4, -0.2) is 9.52 Å². The average Bonchev–Trinajstić information content (AvgIpc) is 3.05. The van der Waals surface area contributed by atoms with Crippen LogP contribution in [0, 0.1) is 47.6 Å². The van der Waals surface area contributed by atoms with Gasteiger partial charge in [0.05, 0.1) is 9.52 Å². The van der Waals surface area contributed by atoms with Gasteiger partial charge in [-0.1, -0.05) is 61.7 Å². The van der Waals surface area contributed by atoms with E-state index in [9.17, 15) is 0 Å². The number of rotatable bonds is 5. The predicted molar refractivity (Wildman–Crippen MR) is 132 cm³/mol. The molecule has 5 heteroatoms. The Hall–Kier alpha value is -0.539. The maximum absolute atomic E-state index is 3.97. The van der Waals surface area contributed by atoms with E-state index in [0.29, 0.717) is 15.4 Å². The Balaban J connectivity index is 0.00000272. The van der Waals surface area contributed by atoms with E-state index in [1.807, 2.05) is 0 Å². The van der Waals surface area contributed by atoms with Crippen molar-refractivity contribution in [1.82, 2.24) is 0 Å². The molecule has 1 unspecified atom stereocenters. The number of hydrogen-bond donors (Lipinski definition) is 0. The second-order valence-corrected chi connectivity index (χ2v) is 10.3. The molecule has 0 fully saturated rings. The molecule has 4 rings (SSSR count). The molecule has 0 aliphatic heterocycles. The van der Waals surface area contributed by atoms with Crippen LogP contribution in [0.25, 0.3) is 11.1 Å². The Morgan fingerprint density at radius 3 is 1.94 bits per heavy atom. The van der Waals surface area contributed by atoms with Crippen molar-refractivity contribution in [3.8, 4) is 11.1 Å². The fourth-order valence-corrected chi connectivity index (χ4v) is 6.48. The fraction of sp³-hybridized carbons (Fsp3) is 0.379. The average molecular weight is 564 g/mol. The molecule has 0 aromatic heterocycles. The summed E-state index contributed by atoms with van der Waals surface area (Å²) in [5.74, 6) is 0.504. The van der Waals surface area contributed by atoms with E-state index >= 15 is 0 Å². The van der Waals surface area contributed by atoms with Gasteiger partial charge >= 0.3 is 21.7 Å². The van der Waals surface area contributed by atoms with Crippen LogP contribution in [-0.2, 0) is 21.7 Å². The first kappa shape index (κ1) is 33.5. The summed E-state index contributed by atoms with van der Waals surface area (Å²) in [6.07, 6.45) is 3.74. The molecule has 0 nitrogen and oxygen atoms in total. The van der Waals surface area contributed by atoms with Gasteiger partial charge < -0.3 is 37.2 Å². The fourth-order valence-electron chi connectivity index (χ4n) is 5.02. The molecular formula is C29H33Cl3SiTi. The zero-order valence-corrected chi connectivity index (χ0v) is 26.0. The summed E-state index contributed by atoms with van der Waals surface area (Å²) in [4.78, 5) is 0. The molecule has 0 heterocycles. The van der Waals surface area contributed by atoms with Gasteiger partial charge in [-0.2, -0.15) is 22.9 Å². The number of fused-ring (bicyclic) bond motifs is 3. The van der Waals surface area contributed by atoms with E-state index in [2.05, 4.69) is 84.9 Å². The molecule has 3 aromatic rings. The van der Waals surface area contributed by atoms with Crippen LogP contribution in [0.2, 0.25) is 0 Å². The SMILES string of the molecule is CCCCC1c2[c-]c([Si]c3c(C)c(C)c(C)c(C)c3C)c(C)cc2-c2ccccc21.[Cl-].[Cl-].[Cl-].[Ti+4]. The second kappa shape index (κ2) is 13.7. The van der Waals surface area contributed by atoms with Crippen LogP contribution < -0.4 is 47.6 Å². The Morgan fingerprint density at radius 1 is 0.794 bits per heavy atom. The van der Waals surface area contributed by atoms with Crippen molar-refractivity contribution in [3.05, 3.63) is 80.9 Å². The Morgan fingerprint density at radius 2 is 1.35 bits per heavy atom. The maximum atomic E-state index is 3.97. The molecule has 0 saturated heterocycles. The molecule has 3 aromatic carbocycles. The molecule has 1 atom stereocenters. The van der Waals surface area contributed by atoms with Gasteiger partial charge in [-0.3, -0.25) is 0 Å². The van der Waals surface area contributed by atoms with E-state index in [1.165, 1.54) is 85.3 Å². The summed E-state index contributed by atoms with van der Waals surface area (Å²) >= 11 is 0. The van der Waals surface area contributed by atoms with Crippen LogP contribution in [0.1, 0.15) is 76.6 Å². The van der Waals surface area contributed by atoms with Crippen molar-refractivity contribution in [2.45, 2.75) is 73.6 Å². The summed E-state index contributed by atoms with van der Waals surface area (Å²) in [5, 5.41) is 2.92. The molecule has 34 heavy (non-hydrogen) atoms. The van der Waals surface area contributed by atoms with Crippen LogP contribution in [0.4, 0.5) is 0 Å². The number of hydrogen-bond acceptors (Lipinski definition) is 0. The summed E-state index contributed by atoms with van der Waals surface area (Å²) in [7, 11) is 0.669. The van der Waals surface area contributed by atoms with E-state index in [-0.39, 0.29) is 58.9 Å². The van der Waals surface area contributed by atoms with E-state index in [4.69, 9.17) is 0 Å². The van der Waals surface area contributed by atoms with Crippen LogP contribution in [0.3, 0.4) is 0 Å². The van der Waals surface area contributed by atoms with Gasteiger partial charge in [0.1, 0.15) is 0 Å². The molecule has 1 aliphatic rings. The van der Waals surface area contributed by atoms with Crippen LogP contribution >= 0.6 is 0 Å². The summed E-state index contributed by atoms with van der Waals surface area (Å²) in [6, 6.07) is 15.4. The first-order valence-corrected chi connectivity index (χ1v) is 12.3. The standard InChI is InChI=1S/C29H33Si.3ClH.Ti/c1-8-9-12-24-23-13-10-11-14-25(23)26-15-17(2)28(16-27(24)26)30-29-21(6)19(4)18(3)20(5)22(29)7;;;;/h10-11,13-15,24H,8-9,12H2,1-7H3;3*1H;/q-1;;;;+4/p-3. The summed E-state index contributed by atoms with van der Waals surface area (Å²) < 4.78 is 0.